The molecule has 0 atom stereocenters. The molecule has 0 aliphatic rings. The second-order valence-electron chi connectivity index (χ2n) is 5.93. The number of aryl methyl sites for hydroxylation is 1. The van der Waals surface area contributed by atoms with Gasteiger partial charge in [0.1, 0.15) is 5.69 Å². The van der Waals surface area contributed by atoms with Crippen molar-refractivity contribution in [2.24, 2.45) is 0 Å². The Morgan fingerprint density at radius 1 is 0.857 bits per heavy atom. The third-order valence-corrected chi connectivity index (χ3v) is 3.85. The molecule has 1 aromatic heterocycles. The number of halogens is 3. The van der Waals surface area contributed by atoms with Crippen LogP contribution in [-0.2, 0) is 0 Å². The molecule has 8 heteroatoms. The molecule has 0 saturated carbocycles. The minimum absolute atomic E-state index is 0.145. The second-order valence-corrected chi connectivity index (χ2v) is 5.93. The molecule has 2 aromatic carbocycles. The summed E-state index contributed by atoms with van der Waals surface area (Å²) in [5, 5.41) is 4.78. The number of aromatic nitrogens is 1. The molecular formula is C20H14F3N3O2. The van der Waals surface area contributed by atoms with Crippen LogP contribution in [0, 0.1) is 24.4 Å². The summed E-state index contributed by atoms with van der Waals surface area (Å²) in [6, 6.07) is 11.3. The average molecular weight is 385 g/mol. The summed E-state index contributed by atoms with van der Waals surface area (Å²) in [4.78, 5) is 28.4. The molecule has 0 aliphatic carbocycles. The van der Waals surface area contributed by atoms with Crippen molar-refractivity contribution in [2.75, 3.05) is 10.6 Å². The molecule has 142 valence electrons. The minimum Gasteiger partial charge on any atom is -0.322 e. The van der Waals surface area contributed by atoms with Crippen molar-refractivity contribution in [1.82, 2.24) is 4.98 Å². The van der Waals surface area contributed by atoms with E-state index in [4.69, 9.17) is 0 Å². The lowest BCUT2D eigenvalue weighted by molar-refractivity contribution is 0.102. The van der Waals surface area contributed by atoms with Gasteiger partial charge in [-0.3, -0.25) is 14.6 Å². The van der Waals surface area contributed by atoms with Gasteiger partial charge in [-0.1, -0.05) is 17.7 Å². The van der Waals surface area contributed by atoms with Crippen molar-refractivity contribution >= 4 is 23.2 Å². The second kappa shape index (κ2) is 7.91. The van der Waals surface area contributed by atoms with Crippen molar-refractivity contribution in [3.05, 3.63) is 89.0 Å². The fourth-order valence-electron chi connectivity index (χ4n) is 2.34. The smallest absolute Gasteiger partial charge is 0.274 e. The minimum atomic E-state index is -1.70. The van der Waals surface area contributed by atoms with Crippen molar-refractivity contribution in [3.63, 3.8) is 0 Å². The third kappa shape index (κ3) is 4.17. The first kappa shape index (κ1) is 19.1. The zero-order valence-electron chi connectivity index (χ0n) is 14.6. The number of nitrogens with zero attached hydrogens (tertiary/aromatic N) is 1. The Morgan fingerprint density at radius 3 is 2.29 bits per heavy atom. The van der Waals surface area contributed by atoms with E-state index in [9.17, 15) is 22.8 Å². The quantitative estimate of drug-likeness (QED) is 0.658. The van der Waals surface area contributed by atoms with E-state index < -0.39 is 35.0 Å². The number of pyridine rings is 1. The van der Waals surface area contributed by atoms with Gasteiger partial charge in [-0.25, -0.2) is 13.2 Å². The maximum atomic E-state index is 13.7. The van der Waals surface area contributed by atoms with Crippen LogP contribution in [0.4, 0.5) is 24.5 Å². The lowest BCUT2D eigenvalue weighted by Crippen LogP contribution is -2.18. The summed E-state index contributed by atoms with van der Waals surface area (Å²) in [6.07, 6.45) is 1.24. The third-order valence-electron chi connectivity index (χ3n) is 3.85. The van der Waals surface area contributed by atoms with Gasteiger partial charge in [0.15, 0.2) is 17.5 Å². The van der Waals surface area contributed by atoms with Crippen molar-refractivity contribution < 1.29 is 22.8 Å². The molecule has 0 aliphatic heterocycles. The highest BCUT2D eigenvalue weighted by Crippen LogP contribution is 2.20. The van der Waals surface area contributed by atoms with Crippen LogP contribution in [0.15, 0.2) is 54.7 Å². The summed E-state index contributed by atoms with van der Waals surface area (Å²) in [7, 11) is 0. The molecule has 5 nitrogen and oxygen atoms in total. The van der Waals surface area contributed by atoms with Gasteiger partial charge in [-0.15, -0.1) is 0 Å². The molecular weight excluding hydrogens is 371 g/mol. The predicted molar refractivity (Wildman–Crippen MR) is 97.6 cm³/mol. The fourth-order valence-corrected chi connectivity index (χ4v) is 2.34. The first-order valence-electron chi connectivity index (χ1n) is 8.14. The highest BCUT2D eigenvalue weighted by Gasteiger charge is 2.17. The van der Waals surface area contributed by atoms with E-state index in [1.54, 1.807) is 12.1 Å². The number of hydrogen-bond acceptors (Lipinski definition) is 3. The predicted octanol–water partition coefficient (Wildman–Crippen LogP) is 4.31. The van der Waals surface area contributed by atoms with Gasteiger partial charge >= 0.3 is 0 Å². The van der Waals surface area contributed by atoms with Crippen molar-refractivity contribution in [2.45, 2.75) is 6.92 Å². The summed E-state index contributed by atoms with van der Waals surface area (Å²) < 4.78 is 40.0. The lowest BCUT2D eigenvalue weighted by Gasteiger charge is -2.09. The Morgan fingerprint density at radius 2 is 1.57 bits per heavy atom. The van der Waals surface area contributed by atoms with Gasteiger partial charge in [-0.05, 0) is 43.3 Å². The van der Waals surface area contributed by atoms with E-state index in [0.29, 0.717) is 11.8 Å². The first-order valence-corrected chi connectivity index (χ1v) is 8.14. The number of amides is 2. The molecule has 1 heterocycles. The molecule has 2 amide bonds. The molecule has 2 N–H and O–H groups in total. The van der Waals surface area contributed by atoms with E-state index in [0.717, 1.165) is 11.6 Å². The van der Waals surface area contributed by atoms with Gasteiger partial charge in [0.2, 0.25) is 0 Å². The molecule has 3 aromatic rings. The average Bonchev–Trinajstić information content (AvgIpc) is 2.70. The lowest BCUT2D eigenvalue weighted by atomic mass is 10.2. The molecule has 3 rings (SSSR count). The van der Waals surface area contributed by atoms with Crippen LogP contribution in [0.1, 0.15) is 26.4 Å². The fraction of sp³-hybridized carbons (Fsp3) is 0.0500. The number of hydrogen-bond donors (Lipinski definition) is 2. The van der Waals surface area contributed by atoms with E-state index in [1.165, 1.54) is 18.3 Å². The van der Waals surface area contributed by atoms with Crippen LogP contribution in [0.25, 0.3) is 0 Å². The highest BCUT2D eigenvalue weighted by molar-refractivity contribution is 6.07. The summed E-state index contributed by atoms with van der Waals surface area (Å²) in [5.41, 5.74) is 1.01. The van der Waals surface area contributed by atoms with Crippen LogP contribution in [0.5, 0.6) is 0 Å². The summed E-state index contributed by atoms with van der Waals surface area (Å²) in [5.74, 6) is -5.95. The number of rotatable bonds is 4. The van der Waals surface area contributed by atoms with E-state index in [-0.39, 0.29) is 11.3 Å². The maximum Gasteiger partial charge on any atom is 0.274 e. The molecule has 0 bridgehead atoms. The summed E-state index contributed by atoms with van der Waals surface area (Å²) in [6.45, 7) is 1.91. The molecule has 0 saturated heterocycles. The molecule has 0 radical (unpaired) electrons. The van der Waals surface area contributed by atoms with Gasteiger partial charge < -0.3 is 10.6 Å². The maximum absolute atomic E-state index is 13.7. The Balaban J connectivity index is 1.77. The highest BCUT2D eigenvalue weighted by atomic mass is 19.2. The Hall–Kier alpha value is -3.68. The van der Waals surface area contributed by atoms with Crippen LogP contribution in [0.2, 0.25) is 0 Å². The Labute approximate surface area is 158 Å². The van der Waals surface area contributed by atoms with Crippen LogP contribution < -0.4 is 10.6 Å². The molecule has 28 heavy (non-hydrogen) atoms. The number of anilines is 2. The Bertz CT molecular complexity index is 1050. The van der Waals surface area contributed by atoms with Gasteiger partial charge in [0.05, 0.1) is 5.69 Å². The molecule has 0 fully saturated rings. The Kier molecular flexibility index (Phi) is 5.39. The van der Waals surface area contributed by atoms with E-state index in [1.807, 2.05) is 19.1 Å². The zero-order chi connectivity index (χ0) is 20.3. The van der Waals surface area contributed by atoms with Crippen molar-refractivity contribution in [3.8, 4) is 0 Å². The van der Waals surface area contributed by atoms with E-state index >= 15 is 0 Å². The SMILES string of the molecule is Cc1ccc(NC(=O)c2ccnc(C(=O)Nc3ccc(F)c(F)c3F)c2)cc1. The normalized spacial score (nSPS) is 10.4. The van der Waals surface area contributed by atoms with Gasteiger partial charge in [0, 0.05) is 17.4 Å². The van der Waals surface area contributed by atoms with Crippen LogP contribution >= 0.6 is 0 Å². The topological polar surface area (TPSA) is 71.1 Å². The number of benzene rings is 2. The standard InChI is InChI=1S/C20H14F3N3O2/c1-11-2-4-13(5-3-11)25-19(27)12-8-9-24-16(10-12)20(28)26-15-7-6-14(21)17(22)18(15)23/h2-10H,1H3,(H,25,27)(H,26,28). The van der Waals surface area contributed by atoms with E-state index in [2.05, 4.69) is 15.6 Å². The summed E-state index contributed by atoms with van der Waals surface area (Å²) >= 11 is 0. The van der Waals surface area contributed by atoms with Crippen LogP contribution in [0.3, 0.4) is 0 Å². The van der Waals surface area contributed by atoms with Crippen molar-refractivity contribution in [1.29, 1.82) is 0 Å². The monoisotopic (exact) mass is 385 g/mol. The molecule has 0 unspecified atom stereocenters. The first-order chi connectivity index (χ1) is 13.3. The molecule has 0 spiro atoms. The zero-order valence-corrected chi connectivity index (χ0v) is 14.6. The van der Waals surface area contributed by atoms with Gasteiger partial charge in [-0.2, -0.15) is 0 Å². The number of carbonyl (C=O) groups excluding carboxylic acids is 2. The number of carbonyl (C=O) groups is 2. The van der Waals surface area contributed by atoms with Gasteiger partial charge in [0.25, 0.3) is 11.8 Å². The van der Waals surface area contributed by atoms with Crippen LogP contribution in [-0.4, -0.2) is 16.8 Å². The largest absolute Gasteiger partial charge is 0.322 e. The number of nitrogens with one attached hydrogen (secondary N) is 2.